The van der Waals surface area contributed by atoms with Gasteiger partial charge in [0.15, 0.2) is 5.01 Å². The molecule has 7 nitrogen and oxygen atoms in total. The fourth-order valence-corrected chi connectivity index (χ4v) is 3.49. The van der Waals surface area contributed by atoms with E-state index < -0.39 is 5.91 Å². The molecule has 0 unspecified atom stereocenters. The second-order valence-electron chi connectivity index (χ2n) is 5.23. The van der Waals surface area contributed by atoms with Crippen LogP contribution in [0, 0.1) is 11.3 Å². The molecule has 8 heteroatoms. The normalized spacial score (nSPS) is 10.7. The highest BCUT2D eigenvalue weighted by molar-refractivity contribution is 7.21. The van der Waals surface area contributed by atoms with Crippen LogP contribution in [0.5, 0.6) is 0 Å². The number of nitrogens with two attached hydrogens (primary N) is 1. The molecule has 0 spiro atoms. The van der Waals surface area contributed by atoms with Gasteiger partial charge in [-0.1, -0.05) is 6.07 Å². The summed E-state index contributed by atoms with van der Waals surface area (Å²) in [6, 6.07) is 12.8. The minimum atomic E-state index is -0.567. The van der Waals surface area contributed by atoms with E-state index in [9.17, 15) is 4.79 Å². The predicted octanol–water partition coefficient (Wildman–Crippen LogP) is 2.95. The van der Waals surface area contributed by atoms with E-state index in [-0.39, 0.29) is 5.01 Å². The Hall–Kier alpha value is -3.57. The minimum absolute atomic E-state index is 0.240. The summed E-state index contributed by atoms with van der Waals surface area (Å²) in [6.45, 7) is 0. The van der Waals surface area contributed by atoms with E-state index in [1.54, 1.807) is 24.3 Å². The van der Waals surface area contributed by atoms with Crippen LogP contribution in [0.25, 0.3) is 21.1 Å². The van der Waals surface area contributed by atoms with E-state index >= 15 is 0 Å². The van der Waals surface area contributed by atoms with Crippen molar-refractivity contribution in [2.75, 3.05) is 5.32 Å². The second kappa shape index (κ2) is 5.81. The van der Waals surface area contributed by atoms with Crippen molar-refractivity contribution in [3.8, 4) is 6.07 Å². The maximum Gasteiger partial charge on any atom is 0.277 e. The number of nitrogens with zero attached hydrogens (tertiary/aromatic N) is 4. The molecule has 0 aliphatic heterocycles. The molecule has 2 heterocycles. The molecule has 25 heavy (non-hydrogen) atoms. The molecule has 120 valence electrons. The van der Waals surface area contributed by atoms with Crippen molar-refractivity contribution < 1.29 is 4.79 Å². The van der Waals surface area contributed by atoms with E-state index in [1.807, 2.05) is 12.1 Å². The SMILES string of the molecule is N#Cc1cccc(Nc2ncnc3ccc4nc(C(N)=O)sc4c23)c1. The second-order valence-corrected chi connectivity index (χ2v) is 6.23. The van der Waals surface area contributed by atoms with Crippen molar-refractivity contribution in [3.63, 3.8) is 0 Å². The highest BCUT2D eigenvalue weighted by atomic mass is 32.1. The van der Waals surface area contributed by atoms with Gasteiger partial charge < -0.3 is 11.1 Å². The summed E-state index contributed by atoms with van der Waals surface area (Å²) in [6.07, 6.45) is 1.46. The molecule has 0 bridgehead atoms. The highest BCUT2D eigenvalue weighted by Crippen LogP contribution is 2.34. The summed E-state index contributed by atoms with van der Waals surface area (Å²) in [5.41, 5.74) is 8.01. The first-order chi connectivity index (χ1) is 12.2. The number of nitrogens with one attached hydrogen (secondary N) is 1. The van der Waals surface area contributed by atoms with Crippen LogP contribution in [0.1, 0.15) is 15.4 Å². The lowest BCUT2D eigenvalue weighted by atomic mass is 10.2. The Labute approximate surface area is 145 Å². The summed E-state index contributed by atoms with van der Waals surface area (Å²) in [5, 5.41) is 13.3. The Balaban J connectivity index is 1.92. The average molecular weight is 346 g/mol. The standard InChI is InChI=1S/C17H10N6OS/c18-7-9-2-1-3-10(6-9)22-16-13-11(20-8-21-16)4-5-12-14(13)25-17(23-12)15(19)24/h1-6,8H,(H2,19,24)(H,20,21,22). The predicted molar refractivity (Wildman–Crippen MR) is 95.7 cm³/mol. The zero-order chi connectivity index (χ0) is 17.4. The van der Waals surface area contributed by atoms with Crippen LogP contribution in [0.15, 0.2) is 42.7 Å². The van der Waals surface area contributed by atoms with E-state index in [0.717, 1.165) is 21.3 Å². The van der Waals surface area contributed by atoms with E-state index in [4.69, 9.17) is 11.0 Å². The fraction of sp³-hybridized carbons (Fsp3) is 0. The van der Waals surface area contributed by atoms with Crippen molar-refractivity contribution in [2.24, 2.45) is 5.73 Å². The monoisotopic (exact) mass is 346 g/mol. The summed E-state index contributed by atoms with van der Waals surface area (Å²) in [4.78, 5) is 24.3. The smallest absolute Gasteiger partial charge is 0.277 e. The van der Waals surface area contributed by atoms with Crippen molar-refractivity contribution >= 4 is 49.9 Å². The number of carbonyl (C=O) groups excluding carboxylic acids is 1. The third kappa shape index (κ3) is 2.62. The molecule has 0 saturated heterocycles. The van der Waals surface area contributed by atoms with Gasteiger partial charge in [-0.3, -0.25) is 4.79 Å². The summed E-state index contributed by atoms with van der Waals surface area (Å²) >= 11 is 1.21. The van der Waals surface area contributed by atoms with E-state index in [1.165, 1.54) is 17.7 Å². The number of carbonyl (C=O) groups is 1. The molecular formula is C17H10N6OS. The molecule has 0 saturated carbocycles. The number of hydrogen-bond acceptors (Lipinski definition) is 7. The van der Waals surface area contributed by atoms with Crippen LogP contribution >= 0.6 is 11.3 Å². The first-order valence-electron chi connectivity index (χ1n) is 7.27. The highest BCUT2D eigenvalue weighted by Gasteiger charge is 2.15. The lowest BCUT2D eigenvalue weighted by Crippen LogP contribution is -2.09. The van der Waals surface area contributed by atoms with Gasteiger partial charge in [-0.15, -0.1) is 11.3 Å². The lowest BCUT2D eigenvalue weighted by molar-refractivity contribution is 0.1000. The maximum atomic E-state index is 11.4. The third-order valence-corrected chi connectivity index (χ3v) is 4.72. The number of amides is 1. The van der Waals surface area contributed by atoms with E-state index in [0.29, 0.717) is 16.9 Å². The van der Waals surface area contributed by atoms with Gasteiger partial charge >= 0.3 is 0 Å². The van der Waals surface area contributed by atoms with Crippen LogP contribution < -0.4 is 11.1 Å². The molecule has 0 aliphatic carbocycles. The molecule has 0 fully saturated rings. The largest absolute Gasteiger partial charge is 0.364 e. The Morgan fingerprint density at radius 2 is 2.04 bits per heavy atom. The molecule has 0 radical (unpaired) electrons. The van der Waals surface area contributed by atoms with Gasteiger partial charge in [0.05, 0.1) is 32.8 Å². The summed E-state index contributed by atoms with van der Waals surface area (Å²) in [5.74, 6) is 0.00721. The quantitative estimate of drug-likeness (QED) is 0.589. The van der Waals surface area contributed by atoms with Gasteiger partial charge in [-0.2, -0.15) is 5.26 Å². The van der Waals surface area contributed by atoms with Gasteiger partial charge in [0.1, 0.15) is 12.1 Å². The zero-order valence-corrected chi connectivity index (χ0v) is 13.5. The van der Waals surface area contributed by atoms with E-state index in [2.05, 4.69) is 26.3 Å². The number of aromatic nitrogens is 3. The number of nitriles is 1. The molecule has 2 aromatic heterocycles. The van der Waals surface area contributed by atoms with Gasteiger partial charge in [0.25, 0.3) is 5.91 Å². The van der Waals surface area contributed by atoms with Crippen molar-refractivity contribution in [1.82, 2.24) is 15.0 Å². The van der Waals surface area contributed by atoms with Crippen LogP contribution in [-0.2, 0) is 0 Å². The summed E-state index contributed by atoms with van der Waals surface area (Å²) in [7, 11) is 0. The molecule has 4 aromatic rings. The van der Waals surface area contributed by atoms with Crippen molar-refractivity contribution in [1.29, 1.82) is 5.26 Å². The first-order valence-corrected chi connectivity index (χ1v) is 8.08. The van der Waals surface area contributed by atoms with Gasteiger partial charge in [-0.05, 0) is 30.3 Å². The van der Waals surface area contributed by atoms with Gasteiger partial charge in [0.2, 0.25) is 0 Å². The summed E-state index contributed by atoms with van der Waals surface area (Å²) < 4.78 is 0.783. The van der Waals surface area contributed by atoms with Crippen molar-refractivity contribution in [3.05, 3.63) is 53.3 Å². The van der Waals surface area contributed by atoms with Crippen LogP contribution in [0.3, 0.4) is 0 Å². The van der Waals surface area contributed by atoms with Crippen LogP contribution in [0.2, 0.25) is 0 Å². The van der Waals surface area contributed by atoms with Crippen LogP contribution in [0.4, 0.5) is 11.5 Å². The molecule has 4 rings (SSSR count). The number of benzene rings is 2. The number of fused-ring (bicyclic) bond motifs is 3. The Bertz CT molecular complexity index is 1180. The zero-order valence-electron chi connectivity index (χ0n) is 12.7. The Kier molecular flexibility index (Phi) is 3.48. The third-order valence-electron chi connectivity index (χ3n) is 3.62. The Morgan fingerprint density at radius 1 is 1.20 bits per heavy atom. The molecule has 3 N–H and O–H groups in total. The number of hydrogen-bond donors (Lipinski definition) is 2. The first kappa shape index (κ1) is 15.0. The fourth-order valence-electron chi connectivity index (χ4n) is 2.53. The Morgan fingerprint density at radius 3 is 2.84 bits per heavy atom. The molecular weight excluding hydrogens is 336 g/mol. The average Bonchev–Trinajstić information content (AvgIpc) is 3.07. The minimum Gasteiger partial charge on any atom is -0.364 e. The van der Waals surface area contributed by atoms with Gasteiger partial charge in [-0.25, -0.2) is 15.0 Å². The van der Waals surface area contributed by atoms with Gasteiger partial charge in [0, 0.05) is 5.69 Å². The topological polar surface area (TPSA) is 118 Å². The molecule has 2 aromatic carbocycles. The van der Waals surface area contributed by atoms with Crippen molar-refractivity contribution in [2.45, 2.75) is 0 Å². The maximum absolute atomic E-state index is 11.4. The van der Waals surface area contributed by atoms with Crippen LogP contribution in [-0.4, -0.2) is 20.9 Å². The number of thiazole rings is 1. The number of anilines is 2. The molecule has 0 atom stereocenters. The number of primary amides is 1. The number of rotatable bonds is 3. The molecule has 1 amide bonds. The lowest BCUT2D eigenvalue weighted by Gasteiger charge is -2.09. The molecule has 0 aliphatic rings.